The lowest BCUT2D eigenvalue weighted by Gasteiger charge is -2.33. The van der Waals surface area contributed by atoms with Crippen molar-refractivity contribution in [2.24, 2.45) is 0 Å². The summed E-state index contributed by atoms with van der Waals surface area (Å²) in [6, 6.07) is 6.02. The number of rotatable bonds is 10. The molecule has 0 bridgehead atoms. The molecular formula is C24H38FNO2. The minimum atomic E-state index is -0.843. The fourth-order valence-corrected chi connectivity index (χ4v) is 4.08. The van der Waals surface area contributed by atoms with E-state index in [0.717, 1.165) is 31.5 Å². The second-order valence-corrected chi connectivity index (χ2v) is 8.33. The van der Waals surface area contributed by atoms with E-state index in [1.165, 1.54) is 18.4 Å². The molecule has 1 saturated heterocycles. The summed E-state index contributed by atoms with van der Waals surface area (Å²) in [5.41, 5.74) is 1.98. The number of aliphatic hydroxyl groups is 1. The molecule has 1 heterocycles. The molecule has 0 radical (unpaired) electrons. The first-order valence-electron chi connectivity index (χ1n) is 10.8. The van der Waals surface area contributed by atoms with Crippen molar-refractivity contribution in [3.63, 3.8) is 0 Å². The van der Waals surface area contributed by atoms with Gasteiger partial charge in [-0.05, 0) is 50.7 Å². The first-order valence-corrected chi connectivity index (χ1v) is 10.8. The van der Waals surface area contributed by atoms with E-state index in [2.05, 4.69) is 18.7 Å². The lowest BCUT2D eigenvalue weighted by molar-refractivity contribution is 0.00519. The summed E-state index contributed by atoms with van der Waals surface area (Å²) in [7, 11) is 1.63. The molecule has 28 heavy (non-hydrogen) atoms. The Hall–Kier alpha value is -1.23. The quantitative estimate of drug-likeness (QED) is 0.594. The molecule has 158 valence electrons. The predicted molar refractivity (Wildman–Crippen MR) is 115 cm³/mol. The Morgan fingerprint density at radius 1 is 1.29 bits per heavy atom. The Kier molecular flexibility index (Phi) is 9.13. The van der Waals surface area contributed by atoms with Crippen molar-refractivity contribution in [2.45, 2.75) is 77.4 Å². The van der Waals surface area contributed by atoms with Crippen LogP contribution in [-0.2, 0) is 11.2 Å². The summed E-state index contributed by atoms with van der Waals surface area (Å²) in [5, 5.41) is 10.7. The van der Waals surface area contributed by atoms with Crippen LogP contribution >= 0.6 is 0 Å². The second-order valence-electron chi connectivity index (χ2n) is 8.33. The first-order chi connectivity index (χ1) is 13.4. The summed E-state index contributed by atoms with van der Waals surface area (Å²) in [6.45, 7) is 9.13. The molecule has 2 rings (SSSR count). The van der Waals surface area contributed by atoms with E-state index in [4.69, 9.17) is 4.74 Å². The van der Waals surface area contributed by atoms with Gasteiger partial charge in [0.05, 0.1) is 5.60 Å². The predicted octanol–water partition coefficient (Wildman–Crippen LogP) is 5.21. The van der Waals surface area contributed by atoms with Gasteiger partial charge in [-0.2, -0.15) is 0 Å². The maximum Gasteiger partial charge on any atom is 0.130 e. The van der Waals surface area contributed by atoms with E-state index in [9.17, 15) is 9.50 Å². The van der Waals surface area contributed by atoms with Crippen LogP contribution in [0.25, 0.3) is 6.08 Å². The number of ether oxygens (including phenoxy) is 1. The van der Waals surface area contributed by atoms with E-state index >= 15 is 0 Å². The maximum absolute atomic E-state index is 14.7. The third-order valence-corrected chi connectivity index (χ3v) is 6.16. The van der Waals surface area contributed by atoms with Crippen molar-refractivity contribution in [1.82, 2.24) is 4.90 Å². The number of nitrogens with zero attached hydrogens (tertiary/aromatic N) is 1. The number of likely N-dealkylation sites (tertiary alicyclic amines) is 1. The number of hydrogen-bond acceptors (Lipinski definition) is 3. The molecule has 0 saturated carbocycles. The number of hydrogen-bond donors (Lipinski definition) is 1. The van der Waals surface area contributed by atoms with Crippen molar-refractivity contribution in [1.29, 1.82) is 0 Å². The molecule has 0 spiro atoms. The van der Waals surface area contributed by atoms with Gasteiger partial charge in [0.1, 0.15) is 5.82 Å². The Labute approximate surface area is 170 Å². The zero-order valence-corrected chi connectivity index (χ0v) is 18.1. The summed E-state index contributed by atoms with van der Waals surface area (Å²) in [5.74, 6) is -0.197. The highest BCUT2D eigenvalue weighted by Gasteiger charge is 2.25. The highest BCUT2D eigenvalue weighted by atomic mass is 19.1. The van der Waals surface area contributed by atoms with Crippen LogP contribution in [0, 0.1) is 5.82 Å². The van der Waals surface area contributed by atoms with Gasteiger partial charge < -0.3 is 14.7 Å². The molecule has 0 aromatic heterocycles. The lowest BCUT2D eigenvalue weighted by atomic mass is 9.88. The minimum Gasteiger partial charge on any atom is -0.389 e. The zero-order chi connectivity index (χ0) is 20.6. The normalized spacial score (nSPS) is 18.7. The highest BCUT2D eigenvalue weighted by molar-refractivity contribution is 5.54. The Morgan fingerprint density at radius 2 is 2.00 bits per heavy atom. The molecule has 0 aliphatic carbocycles. The van der Waals surface area contributed by atoms with Gasteiger partial charge in [0.15, 0.2) is 0 Å². The number of piperidine rings is 1. The van der Waals surface area contributed by atoms with Crippen molar-refractivity contribution in [2.75, 3.05) is 26.8 Å². The van der Waals surface area contributed by atoms with Gasteiger partial charge in [0.2, 0.25) is 0 Å². The monoisotopic (exact) mass is 391 g/mol. The van der Waals surface area contributed by atoms with Gasteiger partial charge in [-0.1, -0.05) is 44.1 Å². The van der Waals surface area contributed by atoms with Crippen molar-refractivity contribution in [3.05, 3.63) is 40.7 Å². The van der Waals surface area contributed by atoms with Crippen LogP contribution in [-0.4, -0.2) is 48.5 Å². The first kappa shape index (κ1) is 23.1. The summed E-state index contributed by atoms with van der Waals surface area (Å²) < 4.78 is 19.8. The van der Waals surface area contributed by atoms with Crippen LogP contribution in [0.5, 0.6) is 0 Å². The summed E-state index contributed by atoms with van der Waals surface area (Å²) >= 11 is 0. The summed E-state index contributed by atoms with van der Waals surface area (Å²) in [4.78, 5) is 2.55. The molecule has 0 amide bonds. The number of methoxy groups -OCH3 is 1. The molecule has 1 aliphatic rings. The van der Waals surface area contributed by atoms with Gasteiger partial charge in [0, 0.05) is 44.8 Å². The van der Waals surface area contributed by atoms with Gasteiger partial charge in [-0.25, -0.2) is 4.39 Å². The average molecular weight is 392 g/mol. The van der Waals surface area contributed by atoms with E-state index in [0.29, 0.717) is 37.5 Å². The van der Waals surface area contributed by atoms with Gasteiger partial charge >= 0.3 is 0 Å². The van der Waals surface area contributed by atoms with E-state index in [-0.39, 0.29) is 5.82 Å². The molecule has 1 aliphatic heterocycles. The van der Waals surface area contributed by atoms with Gasteiger partial charge in [-0.3, -0.25) is 0 Å². The largest absolute Gasteiger partial charge is 0.389 e. The van der Waals surface area contributed by atoms with Crippen LogP contribution in [0.4, 0.5) is 4.39 Å². The molecule has 1 N–H and O–H groups in total. The topological polar surface area (TPSA) is 32.7 Å². The molecule has 1 aromatic rings. The second kappa shape index (κ2) is 11.1. The Bertz CT molecular complexity index is 635. The van der Waals surface area contributed by atoms with Crippen LogP contribution in [0.3, 0.4) is 0 Å². The average Bonchev–Trinajstić information content (AvgIpc) is 2.69. The van der Waals surface area contributed by atoms with Crippen LogP contribution < -0.4 is 0 Å². The van der Waals surface area contributed by atoms with Crippen LogP contribution in [0.2, 0.25) is 0 Å². The zero-order valence-electron chi connectivity index (χ0n) is 18.1. The standard InChI is InChI=1S/C24H38FNO2/c1-5-7-19(3)26-13-10-20(11-14-26)16-22-9-8-21(17-23(22)25)18-24(27,6-2)12-15-28-4/h8-9,16-17,19,27H,5-7,10-15,18H2,1-4H3. The fourth-order valence-electron chi connectivity index (χ4n) is 4.08. The highest BCUT2D eigenvalue weighted by Crippen LogP contribution is 2.26. The van der Waals surface area contributed by atoms with E-state index in [1.807, 2.05) is 25.1 Å². The maximum atomic E-state index is 14.7. The molecular weight excluding hydrogens is 353 g/mol. The SMILES string of the molecule is CCCC(C)N1CCC(=Cc2ccc(CC(O)(CC)CCOC)cc2F)CC1. The number of benzene rings is 1. The molecule has 2 atom stereocenters. The van der Waals surface area contributed by atoms with E-state index < -0.39 is 5.60 Å². The lowest BCUT2D eigenvalue weighted by Crippen LogP contribution is -2.37. The summed E-state index contributed by atoms with van der Waals surface area (Å²) in [6.07, 6.45) is 8.14. The minimum absolute atomic E-state index is 0.197. The van der Waals surface area contributed by atoms with Crippen LogP contribution in [0.15, 0.2) is 23.8 Å². The molecule has 4 heteroatoms. The Balaban J connectivity index is 2.00. The van der Waals surface area contributed by atoms with Crippen molar-refractivity contribution >= 4 is 6.08 Å². The van der Waals surface area contributed by atoms with Gasteiger partial charge in [-0.15, -0.1) is 0 Å². The molecule has 1 aromatic carbocycles. The fraction of sp³-hybridized carbons (Fsp3) is 0.667. The van der Waals surface area contributed by atoms with E-state index in [1.54, 1.807) is 13.2 Å². The number of halogens is 1. The Morgan fingerprint density at radius 3 is 2.57 bits per heavy atom. The third-order valence-electron chi connectivity index (χ3n) is 6.16. The van der Waals surface area contributed by atoms with Crippen molar-refractivity contribution in [3.8, 4) is 0 Å². The molecule has 2 unspecified atom stereocenters. The smallest absolute Gasteiger partial charge is 0.130 e. The van der Waals surface area contributed by atoms with Crippen molar-refractivity contribution < 1.29 is 14.2 Å². The van der Waals surface area contributed by atoms with Crippen LogP contribution in [0.1, 0.15) is 70.4 Å². The van der Waals surface area contributed by atoms with Gasteiger partial charge in [0.25, 0.3) is 0 Å². The molecule has 3 nitrogen and oxygen atoms in total. The third kappa shape index (κ3) is 6.68. The molecule has 1 fully saturated rings.